The molecular formula is C15H26N2O2. The van der Waals surface area contributed by atoms with Crippen molar-refractivity contribution in [2.45, 2.75) is 38.6 Å². The zero-order valence-corrected chi connectivity index (χ0v) is 11.9. The highest BCUT2D eigenvalue weighted by Crippen LogP contribution is 2.25. The summed E-state index contributed by atoms with van der Waals surface area (Å²) in [7, 11) is 0. The van der Waals surface area contributed by atoms with Crippen molar-refractivity contribution in [3.8, 4) is 0 Å². The topological polar surface area (TPSA) is 41.6 Å². The zero-order chi connectivity index (χ0) is 13.5. The smallest absolute Gasteiger partial charge is 0.330 e. The number of hydrogen-bond acceptors (Lipinski definition) is 4. The molecule has 4 heteroatoms. The molecule has 108 valence electrons. The van der Waals surface area contributed by atoms with Gasteiger partial charge < -0.3 is 10.1 Å². The van der Waals surface area contributed by atoms with Crippen molar-refractivity contribution in [2.75, 3.05) is 32.8 Å². The first-order valence-corrected chi connectivity index (χ1v) is 7.58. The van der Waals surface area contributed by atoms with Crippen LogP contribution < -0.4 is 5.32 Å². The Morgan fingerprint density at radius 3 is 2.79 bits per heavy atom. The van der Waals surface area contributed by atoms with E-state index in [0.717, 1.165) is 31.6 Å². The lowest BCUT2D eigenvalue weighted by molar-refractivity contribution is -0.137. The molecule has 1 unspecified atom stereocenters. The number of nitrogens with one attached hydrogen (secondary N) is 1. The molecule has 2 rings (SSSR count). The predicted octanol–water partition coefficient (Wildman–Crippen LogP) is 1.57. The minimum atomic E-state index is -0.229. The van der Waals surface area contributed by atoms with E-state index in [2.05, 4.69) is 10.2 Å². The number of piperidine rings is 1. The normalized spacial score (nSPS) is 26.1. The molecule has 19 heavy (non-hydrogen) atoms. The average Bonchev–Trinajstić information content (AvgIpc) is 2.94. The van der Waals surface area contributed by atoms with Gasteiger partial charge in [0, 0.05) is 18.7 Å². The molecule has 0 radical (unpaired) electrons. The summed E-state index contributed by atoms with van der Waals surface area (Å²) in [5.74, 6) is 0.625. The monoisotopic (exact) mass is 266 g/mol. The summed E-state index contributed by atoms with van der Waals surface area (Å²) < 4.78 is 4.86. The fourth-order valence-corrected chi connectivity index (χ4v) is 3.14. The van der Waals surface area contributed by atoms with Gasteiger partial charge in [0.25, 0.3) is 0 Å². The van der Waals surface area contributed by atoms with E-state index in [-0.39, 0.29) is 5.97 Å². The Morgan fingerprint density at radius 1 is 1.37 bits per heavy atom. The molecular weight excluding hydrogens is 240 g/mol. The third kappa shape index (κ3) is 4.62. The molecule has 0 aromatic rings. The molecule has 0 saturated carbocycles. The summed E-state index contributed by atoms with van der Waals surface area (Å²) >= 11 is 0. The summed E-state index contributed by atoms with van der Waals surface area (Å²) in [6, 6.07) is 0.761. The summed E-state index contributed by atoms with van der Waals surface area (Å²) in [5.41, 5.74) is 0. The van der Waals surface area contributed by atoms with Gasteiger partial charge in [0.15, 0.2) is 0 Å². The summed E-state index contributed by atoms with van der Waals surface area (Å²) in [6.45, 7) is 6.64. The second-order valence-corrected chi connectivity index (χ2v) is 5.50. The van der Waals surface area contributed by atoms with Crippen molar-refractivity contribution in [2.24, 2.45) is 5.92 Å². The lowest BCUT2D eigenvalue weighted by atomic mass is 9.88. The molecule has 0 amide bonds. The van der Waals surface area contributed by atoms with Gasteiger partial charge in [-0.1, -0.05) is 6.08 Å². The van der Waals surface area contributed by atoms with Gasteiger partial charge in [-0.3, -0.25) is 4.90 Å². The van der Waals surface area contributed by atoms with Crippen molar-refractivity contribution >= 4 is 5.97 Å². The first kappa shape index (κ1) is 14.5. The number of nitrogens with zero attached hydrogens (tertiary/aromatic N) is 1. The lowest BCUT2D eigenvalue weighted by Crippen LogP contribution is -2.40. The van der Waals surface area contributed by atoms with Crippen molar-refractivity contribution in [3.63, 3.8) is 0 Å². The number of carbonyl (C=O) groups excluding carboxylic acids is 1. The lowest BCUT2D eigenvalue weighted by Gasteiger charge is -2.34. The number of likely N-dealkylation sites (tertiary alicyclic amines) is 1. The number of hydrogen-bond donors (Lipinski definition) is 1. The van der Waals surface area contributed by atoms with Crippen LogP contribution in [0.5, 0.6) is 0 Å². The fraction of sp³-hybridized carbons (Fsp3) is 0.800. The van der Waals surface area contributed by atoms with Crippen LogP contribution in [0.25, 0.3) is 0 Å². The van der Waals surface area contributed by atoms with E-state index in [4.69, 9.17) is 4.74 Å². The largest absolute Gasteiger partial charge is 0.463 e. The van der Waals surface area contributed by atoms with Crippen LogP contribution in [-0.2, 0) is 9.53 Å². The van der Waals surface area contributed by atoms with E-state index in [9.17, 15) is 4.79 Å². The van der Waals surface area contributed by atoms with Crippen LogP contribution in [-0.4, -0.2) is 49.7 Å². The highest BCUT2D eigenvalue weighted by Gasteiger charge is 2.27. The highest BCUT2D eigenvalue weighted by atomic mass is 16.5. The van der Waals surface area contributed by atoms with E-state index in [1.807, 2.05) is 13.0 Å². The molecule has 0 aliphatic carbocycles. The van der Waals surface area contributed by atoms with Gasteiger partial charge in [-0.25, -0.2) is 4.79 Å². The predicted molar refractivity (Wildman–Crippen MR) is 76.0 cm³/mol. The van der Waals surface area contributed by atoms with Gasteiger partial charge in [-0.05, 0) is 58.2 Å². The van der Waals surface area contributed by atoms with E-state index >= 15 is 0 Å². The molecule has 1 N–H and O–H groups in total. The van der Waals surface area contributed by atoms with E-state index < -0.39 is 0 Å². The van der Waals surface area contributed by atoms with Crippen LogP contribution >= 0.6 is 0 Å². The number of carbonyl (C=O) groups is 1. The zero-order valence-electron chi connectivity index (χ0n) is 11.9. The van der Waals surface area contributed by atoms with Gasteiger partial charge >= 0.3 is 5.97 Å². The molecule has 2 fully saturated rings. The molecule has 2 aliphatic heterocycles. The first-order chi connectivity index (χ1) is 9.29. The maximum atomic E-state index is 11.2. The Bertz CT molecular complexity index is 303. The minimum Gasteiger partial charge on any atom is -0.463 e. The van der Waals surface area contributed by atoms with Crippen LogP contribution in [0.2, 0.25) is 0 Å². The third-order valence-corrected chi connectivity index (χ3v) is 4.20. The maximum Gasteiger partial charge on any atom is 0.330 e. The van der Waals surface area contributed by atoms with Gasteiger partial charge in [-0.2, -0.15) is 0 Å². The van der Waals surface area contributed by atoms with Crippen LogP contribution in [0.15, 0.2) is 12.2 Å². The van der Waals surface area contributed by atoms with Crippen molar-refractivity contribution < 1.29 is 9.53 Å². The molecule has 0 bridgehead atoms. The SMILES string of the molecule is CCOC(=O)/C=C/CN1CCC(C2CCCN2)CC1. The van der Waals surface area contributed by atoms with Crippen LogP contribution in [0.4, 0.5) is 0 Å². The van der Waals surface area contributed by atoms with Crippen molar-refractivity contribution in [3.05, 3.63) is 12.2 Å². The second kappa shape index (κ2) is 7.65. The molecule has 2 aliphatic rings. The Morgan fingerprint density at radius 2 is 2.16 bits per heavy atom. The Kier molecular flexibility index (Phi) is 5.86. The summed E-state index contributed by atoms with van der Waals surface area (Å²) in [6.07, 6.45) is 8.73. The minimum absolute atomic E-state index is 0.229. The van der Waals surface area contributed by atoms with Crippen LogP contribution in [0, 0.1) is 5.92 Å². The van der Waals surface area contributed by atoms with E-state index in [0.29, 0.717) is 6.61 Å². The number of esters is 1. The molecule has 1 atom stereocenters. The molecule has 0 aromatic carbocycles. The van der Waals surface area contributed by atoms with E-state index in [1.165, 1.54) is 32.2 Å². The van der Waals surface area contributed by atoms with Gasteiger partial charge in [-0.15, -0.1) is 0 Å². The van der Waals surface area contributed by atoms with Crippen molar-refractivity contribution in [1.82, 2.24) is 10.2 Å². The maximum absolute atomic E-state index is 11.2. The molecule has 0 spiro atoms. The number of rotatable bonds is 5. The van der Waals surface area contributed by atoms with Gasteiger partial charge in [0.1, 0.15) is 0 Å². The standard InChI is InChI=1S/C15H26N2O2/c1-2-19-15(18)6-4-10-17-11-7-13(8-12-17)14-5-3-9-16-14/h4,6,13-14,16H,2-3,5,7-12H2,1H3/b6-4+. The molecule has 4 nitrogen and oxygen atoms in total. The number of ether oxygens (including phenoxy) is 1. The summed E-state index contributed by atoms with van der Waals surface area (Å²) in [4.78, 5) is 13.6. The molecule has 2 heterocycles. The third-order valence-electron chi connectivity index (χ3n) is 4.20. The van der Waals surface area contributed by atoms with Crippen LogP contribution in [0.1, 0.15) is 32.6 Å². The molecule has 2 saturated heterocycles. The van der Waals surface area contributed by atoms with Gasteiger partial charge in [0.2, 0.25) is 0 Å². The quantitative estimate of drug-likeness (QED) is 0.606. The highest BCUT2D eigenvalue weighted by molar-refractivity contribution is 5.81. The average molecular weight is 266 g/mol. The Balaban J connectivity index is 1.64. The Labute approximate surface area is 116 Å². The van der Waals surface area contributed by atoms with Gasteiger partial charge in [0.05, 0.1) is 6.61 Å². The van der Waals surface area contributed by atoms with Crippen LogP contribution in [0.3, 0.4) is 0 Å². The second-order valence-electron chi connectivity index (χ2n) is 5.50. The first-order valence-electron chi connectivity index (χ1n) is 7.58. The fourth-order valence-electron chi connectivity index (χ4n) is 3.14. The molecule has 0 aromatic heterocycles. The Hall–Kier alpha value is -0.870. The van der Waals surface area contributed by atoms with E-state index in [1.54, 1.807) is 6.08 Å². The van der Waals surface area contributed by atoms with Crippen molar-refractivity contribution in [1.29, 1.82) is 0 Å². The summed E-state index contributed by atoms with van der Waals surface area (Å²) in [5, 5.41) is 3.62.